The third-order valence-corrected chi connectivity index (χ3v) is 4.57. The first kappa shape index (κ1) is 15.6. The molecule has 0 aromatic heterocycles. The molecule has 106 valence electrons. The third kappa shape index (κ3) is 3.25. The summed E-state index contributed by atoms with van der Waals surface area (Å²) in [5.41, 5.74) is 11.4. The maximum Gasteiger partial charge on any atom is 0.0562 e. The van der Waals surface area contributed by atoms with Crippen molar-refractivity contribution in [2.24, 2.45) is 5.73 Å². The van der Waals surface area contributed by atoms with Crippen LogP contribution in [0.1, 0.15) is 42.1 Å². The summed E-state index contributed by atoms with van der Waals surface area (Å²) in [6.45, 7) is 4.37. The van der Waals surface area contributed by atoms with Crippen LogP contribution in [0.15, 0.2) is 40.9 Å². The fourth-order valence-corrected chi connectivity index (χ4v) is 3.38. The first-order chi connectivity index (χ1) is 9.56. The molecule has 2 rings (SSSR count). The standard InChI is InChI=1S/C17H19BrClN/c1-3-11-5-6-13(9-12(11)4-2)17(20)15-8-7-14(19)10-16(15)18/h5-10,17H,3-4,20H2,1-2H3. The van der Waals surface area contributed by atoms with Gasteiger partial charge in [-0.3, -0.25) is 0 Å². The number of nitrogens with two attached hydrogens (primary N) is 1. The van der Waals surface area contributed by atoms with Crippen molar-refractivity contribution in [3.63, 3.8) is 0 Å². The van der Waals surface area contributed by atoms with E-state index >= 15 is 0 Å². The molecule has 1 nitrogen and oxygen atoms in total. The second-order valence-electron chi connectivity index (χ2n) is 4.88. The van der Waals surface area contributed by atoms with Crippen molar-refractivity contribution >= 4 is 27.5 Å². The Morgan fingerprint density at radius 3 is 2.35 bits per heavy atom. The van der Waals surface area contributed by atoms with Gasteiger partial charge in [0.05, 0.1) is 6.04 Å². The van der Waals surface area contributed by atoms with E-state index in [-0.39, 0.29) is 6.04 Å². The molecule has 0 radical (unpaired) electrons. The fraction of sp³-hybridized carbons (Fsp3) is 0.294. The molecule has 2 aromatic rings. The maximum atomic E-state index is 6.41. The van der Waals surface area contributed by atoms with E-state index in [4.69, 9.17) is 17.3 Å². The quantitative estimate of drug-likeness (QED) is 0.796. The monoisotopic (exact) mass is 351 g/mol. The first-order valence-electron chi connectivity index (χ1n) is 6.89. The lowest BCUT2D eigenvalue weighted by atomic mass is 9.94. The Morgan fingerprint density at radius 1 is 1.05 bits per heavy atom. The van der Waals surface area contributed by atoms with Gasteiger partial charge in [0.25, 0.3) is 0 Å². The van der Waals surface area contributed by atoms with E-state index in [1.54, 1.807) is 0 Å². The summed E-state index contributed by atoms with van der Waals surface area (Å²) in [6, 6.07) is 12.2. The summed E-state index contributed by atoms with van der Waals surface area (Å²) < 4.78 is 0.954. The summed E-state index contributed by atoms with van der Waals surface area (Å²) in [5.74, 6) is 0. The molecule has 2 N–H and O–H groups in total. The Morgan fingerprint density at radius 2 is 1.75 bits per heavy atom. The van der Waals surface area contributed by atoms with E-state index in [9.17, 15) is 0 Å². The molecule has 0 saturated carbocycles. The minimum absolute atomic E-state index is 0.141. The van der Waals surface area contributed by atoms with E-state index in [1.165, 1.54) is 11.1 Å². The van der Waals surface area contributed by atoms with E-state index in [0.717, 1.165) is 28.4 Å². The molecule has 3 heteroatoms. The molecule has 0 heterocycles. The van der Waals surface area contributed by atoms with Crippen molar-refractivity contribution in [1.29, 1.82) is 0 Å². The van der Waals surface area contributed by atoms with Crippen molar-refractivity contribution < 1.29 is 0 Å². The Hall–Kier alpha value is -0.830. The molecule has 0 aliphatic heterocycles. The Balaban J connectivity index is 2.40. The molecular formula is C17H19BrClN. The zero-order valence-electron chi connectivity index (χ0n) is 11.8. The highest BCUT2D eigenvalue weighted by Crippen LogP contribution is 2.30. The van der Waals surface area contributed by atoms with Gasteiger partial charge < -0.3 is 5.73 Å². The van der Waals surface area contributed by atoms with Crippen LogP contribution in [0, 0.1) is 0 Å². The van der Waals surface area contributed by atoms with Gasteiger partial charge in [0, 0.05) is 9.50 Å². The Labute approximate surface area is 134 Å². The largest absolute Gasteiger partial charge is 0.320 e. The second kappa shape index (κ2) is 6.75. The summed E-state index contributed by atoms with van der Waals surface area (Å²) in [7, 11) is 0. The highest BCUT2D eigenvalue weighted by atomic mass is 79.9. The van der Waals surface area contributed by atoms with E-state index in [1.807, 2.05) is 18.2 Å². The summed E-state index contributed by atoms with van der Waals surface area (Å²) in [5, 5.41) is 0.711. The maximum absolute atomic E-state index is 6.41. The van der Waals surface area contributed by atoms with Crippen LogP contribution in [0.3, 0.4) is 0 Å². The fourth-order valence-electron chi connectivity index (χ4n) is 2.45. The van der Waals surface area contributed by atoms with Crippen LogP contribution in [0.2, 0.25) is 5.02 Å². The van der Waals surface area contributed by atoms with E-state index in [2.05, 4.69) is 48.0 Å². The zero-order chi connectivity index (χ0) is 14.7. The van der Waals surface area contributed by atoms with Gasteiger partial charge in [-0.25, -0.2) is 0 Å². The van der Waals surface area contributed by atoms with Crippen LogP contribution in [0.5, 0.6) is 0 Å². The first-order valence-corrected chi connectivity index (χ1v) is 8.06. The SMILES string of the molecule is CCc1ccc(C(N)c2ccc(Cl)cc2Br)cc1CC. The van der Waals surface area contributed by atoms with Gasteiger partial charge in [-0.05, 0) is 47.2 Å². The Kier molecular flexibility index (Phi) is 5.25. The molecule has 0 bridgehead atoms. The van der Waals surface area contributed by atoms with Crippen molar-refractivity contribution in [2.45, 2.75) is 32.7 Å². The number of aryl methyl sites for hydroxylation is 2. The van der Waals surface area contributed by atoms with Gasteiger partial charge >= 0.3 is 0 Å². The van der Waals surface area contributed by atoms with Crippen molar-refractivity contribution in [3.05, 3.63) is 68.1 Å². The van der Waals surface area contributed by atoms with Crippen LogP contribution in [-0.4, -0.2) is 0 Å². The average Bonchev–Trinajstić information content (AvgIpc) is 2.45. The lowest BCUT2D eigenvalue weighted by Crippen LogP contribution is -2.13. The molecule has 0 fully saturated rings. The van der Waals surface area contributed by atoms with Crippen LogP contribution in [-0.2, 0) is 12.8 Å². The van der Waals surface area contributed by atoms with Gasteiger partial charge in [-0.2, -0.15) is 0 Å². The number of hydrogen-bond acceptors (Lipinski definition) is 1. The minimum Gasteiger partial charge on any atom is -0.320 e. The lowest BCUT2D eigenvalue weighted by Gasteiger charge is -2.17. The zero-order valence-corrected chi connectivity index (χ0v) is 14.1. The van der Waals surface area contributed by atoms with Crippen LogP contribution in [0.4, 0.5) is 0 Å². The van der Waals surface area contributed by atoms with Crippen LogP contribution < -0.4 is 5.73 Å². The van der Waals surface area contributed by atoms with Gasteiger partial charge in [0.2, 0.25) is 0 Å². The molecule has 0 amide bonds. The number of benzene rings is 2. The molecule has 20 heavy (non-hydrogen) atoms. The molecule has 0 saturated heterocycles. The molecule has 1 unspecified atom stereocenters. The van der Waals surface area contributed by atoms with Gasteiger partial charge in [-0.15, -0.1) is 0 Å². The average molecular weight is 353 g/mol. The molecule has 0 spiro atoms. The van der Waals surface area contributed by atoms with E-state index < -0.39 is 0 Å². The Bertz CT molecular complexity index is 610. The van der Waals surface area contributed by atoms with Crippen molar-refractivity contribution in [2.75, 3.05) is 0 Å². The number of halogens is 2. The lowest BCUT2D eigenvalue weighted by molar-refractivity contribution is 0.858. The molecule has 2 aromatic carbocycles. The number of hydrogen-bond donors (Lipinski definition) is 1. The molecular weight excluding hydrogens is 334 g/mol. The topological polar surface area (TPSA) is 26.0 Å². The summed E-state index contributed by atoms with van der Waals surface area (Å²) in [6.07, 6.45) is 2.09. The molecule has 0 aliphatic carbocycles. The summed E-state index contributed by atoms with van der Waals surface area (Å²) in [4.78, 5) is 0. The van der Waals surface area contributed by atoms with Gasteiger partial charge in [0.15, 0.2) is 0 Å². The normalized spacial score (nSPS) is 12.4. The van der Waals surface area contributed by atoms with Gasteiger partial charge in [-0.1, -0.05) is 65.6 Å². The molecule has 1 atom stereocenters. The second-order valence-corrected chi connectivity index (χ2v) is 6.17. The molecule has 0 aliphatic rings. The summed E-state index contributed by atoms with van der Waals surface area (Å²) >= 11 is 9.53. The third-order valence-electron chi connectivity index (χ3n) is 3.65. The van der Waals surface area contributed by atoms with Gasteiger partial charge in [0.1, 0.15) is 0 Å². The highest BCUT2D eigenvalue weighted by molar-refractivity contribution is 9.10. The van der Waals surface area contributed by atoms with Crippen molar-refractivity contribution in [3.8, 4) is 0 Å². The van der Waals surface area contributed by atoms with Crippen LogP contribution >= 0.6 is 27.5 Å². The highest BCUT2D eigenvalue weighted by Gasteiger charge is 2.13. The van der Waals surface area contributed by atoms with Crippen molar-refractivity contribution in [1.82, 2.24) is 0 Å². The van der Waals surface area contributed by atoms with E-state index in [0.29, 0.717) is 5.02 Å². The predicted octanol–water partition coefficient (Wildman–Crippen LogP) is 5.28. The smallest absolute Gasteiger partial charge is 0.0562 e. The minimum atomic E-state index is -0.141. The predicted molar refractivity (Wildman–Crippen MR) is 90.4 cm³/mol. The number of rotatable bonds is 4. The van der Waals surface area contributed by atoms with Crippen LogP contribution in [0.25, 0.3) is 0 Å².